The lowest BCUT2D eigenvalue weighted by Crippen LogP contribution is -2.02. The average Bonchev–Trinajstić information content (AvgIpc) is 2.27. The quantitative estimate of drug-likeness (QED) is 0.869. The van der Waals surface area contributed by atoms with Crippen LogP contribution < -0.4 is 9.47 Å². The molecule has 0 aliphatic carbocycles. The second-order valence-corrected chi connectivity index (χ2v) is 3.25. The number of halogens is 2. The molecule has 0 aliphatic heterocycles. The minimum Gasteiger partial charge on any atom is -0.493 e. The summed E-state index contributed by atoms with van der Waals surface area (Å²) in [4.78, 5) is 0. The van der Waals surface area contributed by atoms with Gasteiger partial charge in [-0.15, -0.1) is 0 Å². The van der Waals surface area contributed by atoms with Gasteiger partial charge in [0.2, 0.25) is 0 Å². The predicted molar refractivity (Wildman–Crippen MR) is 55.5 cm³/mol. The van der Waals surface area contributed by atoms with Crippen LogP contribution in [0.5, 0.6) is 11.5 Å². The Morgan fingerprint density at radius 1 is 1.40 bits per heavy atom. The standard InChI is InChI=1S/C10H12ClFO3/c1-14-8-4-3-6(7(13)5-12)9(11)10(8)15-2/h3-4,7,13H,5H2,1-2H3. The van der Waals surface area contributed by atoms with Crippen LogP contribution in [-0.2, 0) is 0 Å². The van der Waals surface area contributed by atoms with Crippen LogP contribution in [0.1, 0.15) is 11.7 Å². The Labute approximate surface area is 92.4 Å². The maximum Gasteiger partial charge on any atom is 0.179 e. The van der Waals surface area contributed by atoms with Crippen molar-refractivity contribution in [1.29, 1.82) is 0 Å². The zero-order chi connectivity index (χ0) is 11.4. The van der Waals surface area contributed by atoms with Gasteiger partial charge < -0.3 is 14.6 Å². The summed E-state index contributed by atoms with van der Waals surface area (Å²) < 4.78 is 22.3. The Hall–Kier alpha value is -1.00. The minimum atomic E-state index is -1.24. The van der Waals surface area contributed by atoms with Gasteiger partial charge in [-0.05, 0) is 6.07 Å². The first kappa shape index (κ1) is 12.1. The fourth-order valence-electron chi connectivity index (χ4n) is 1.24. The first-order valence-electron chi connectivity index (χ1n) is 4.30. The predicted octanol–water partition coefficient (Wildman–Crippen LogP) is 2.36. The van der Waals surface area contributed by atoms with Crippen molar-refractivity contribution in [2.75, 3.05) is 20.9 Å². The monoisotopic (exact) mass is 234 g/mol. The molecule has 0 fully saturated rings. The summed E-state index contributed by atoms with van der Waals surface area (Å²) in [6.07, 6.45) is -1.24. The number of hydrogen-bond donors (Lipinski definition) is 1. The van der Waals surface area contributed by atoms with Gasteiger partial charge in [-0.2, -0.15) is 0 Å². The molecular formula is C10H12ClFO3. The van der Waals surface area contributed by atoms with Crippen LogP contribution in [0.2, 0.25) is 5.02 Å². The summed E-state index contributed by atoms with van der Waals surface area (Å²) in [5.41, 5.74) is 0.289. The highest BCUT2D eigenvalue weighted by Gasteiger charge is 2.18. The van der Waals surface area contributed by atoms with Crippen molar-refractivity contribution >= 4 is 11.6 Å². The lowest BCUT2D eigenvalue weighted by atomic mass is 10.1. The van der Waals surface area contributed by atoms with Crippen LogP contribution in [-0.4, -0.2) is 26.0 Å². The first-order chi connectivity index (χ1) is 7.15. The Morgan fingerprint density at radius 2 is 2.07 bits per heavy atom. The molecule has 84 valence electrons. The van der Waals surface area contributed by atoms with Crippen molar-refractivity contribution in [1.82, 2.24) is 0 Å². The minimum absolute atomic E-state index is 0.169. The molecule has 15 heavy (non-hydrogen) atoms. The third-order valence-corrected chi connectivity index (χ3v) is 2.41. The number of alkyl halides is 1. The van der Waals surface area contributed by atoms with E-state index in [1.54, 1.807) is 6.07 Å². The van der Waals surface area contributed by atoms with Gasteiger partial charge in [0.25, 0.3) is 0 Å². The molecule has 0 aliphatic rings. The summed E-state index contributed by atoms with van der Waals surface area (Å²) in [7, 11) is 2.90. The van der Waals surface area contributed by atoms with E-state index < -0.39 is 12.8 Å². The molecule has 0 radical (unpaired) electrons. The second kappa shape index (κ2) is 5.19. The smallest absolute Gasteiger partial charge is 0.179 e. The molecule has 0 spiro atoms. The van der Waals surface area contributed by atoms with Crippen molar-refractivity contribution in [3.63, 3.8) is 0 Å². The van der Waals surface area contributed by atoms with E-state index in [1.807, 2.05) is 0 Å². The number of methoxy groups -OCH3 is 2. The topological polar surface area (TPSA) is 38.7 Å². The van der Waals surface area contributed by atoms with Crippen LogP contribution in [0.4, 0.5) is 4.39 Å². The van der Waals surface area contributed by atoms with E-state index in [0.29, 0.717) is 11.5 Å². The van der Waals surface area contributed by atoms with Gasteiger partial charge in [0.1, 0.15) is 12.8 Å². The maximum atomic E-state index is 12.3. The number of aliphatic hydroxyl groups excluding tert-OH is 1. The summed E-state index contributed by atoms with van der Waals surface area (Å²) in [5, 5.41) is 9.51. The summed E-state index contributed by atoms with van der Waals surface area (Å²) in [5.74, 6) is 0.737. The number of ether oxygens (including phenoxy) is 2. The van der Waals surface area contributed by atoms with Crippen LogP contribution in [0.3, 0.4) is 0 Å². The molecule has 1 unspecified atom stereocenters. The van der Waals surface area contributed by atoms with Crippen LogP contribution in [0, 0.1) is 0 Å². The molecule has 1 N–H and O–H groups in total. The molecule has 0 saturated heterocycles. The third-order valence-electron chi connectivity index (χ3n) is 2.02. The molecule has 0 heterocycles. The van der Waals surface area contributed by atoms with Crippen LogP contribution >= 0.6 is 11.6 Å². The molecule has 1 aromatic rings. The number of hydrogen-bond acceptors (Lipinski definition) is 3. The maximum absolute atomic E-state index is 12.3. The van der Waals surface area contributed by atoms with Crippen LogP contribution in [0.25, 0.3) is 0 Å². The van der Waals surface area contributed by atoms with Crippen molar-refractivity contribution in [3.8, 4) is 11.5 Å². The van der Waals surface area contributed by atoms with E-state index in [9.17, 15) is 9.50 Å². The second-order valence-electron chi connectivity index (χ2n) is 2.87. The fraction of sp³-hybridized carbons (Fsp3) is 0.400. The number of aliphatic hydroxyl groups is 1. The molecule has 0 saturated carbocycles. The van der Waals surface area contributed by atoms with Crippen molar-refractivity contribution in [2.24, 2.45) is 0 Å². The molecule has 1 aromatic carbocycles. The van der Waals surface area contributed by atoms with Crippen molar-refractivity contribution < 1.29 is 19.0 Å². The van der Waals surface area contributed by atoms with E-state index in [0.717, 1.165) is 0 Å². The van der Waals surface area contributed by atoms with Gasteiger partial charge >= 0.3 is 0 Å². The molecule has 0 bridgehead atoms. The first-order valence-corrected chi connectivity index (χ1v) is 4.67. The fourth-order valence-corrected chi connectivity index (χ4v) is 1.60. The van der Waals surface area contributed by atoms with Crippen LogP contribution in [0.15, 0.2) is 12.1 Å². The Bertz CT molecular complexity index is 344. The lowest BCUT2D eigenvalue weighted by Gasteiger charge is -2.14. The number of benzene rings is 1. The lowest BCUT2D eigenvalue weighted by molar-refractivity contribution is 0.141. The highest BCUT2D eigenvalue weighted by atomic mass is 35.5. The Kier molecular flexibility index (Phi) is 4.17. The van der Waals surface area contributed by atoms with Gasteiger partial charge in [-0.1, -0.05) is 17.7 Å². The third kappa shape index (κ3) is 2.33. The van der Waals surface area contributed by atoms with E-state index in [2.05, 4.69) is 0 Å². The summed E-state index contributed by atoms with van der Waals surface area (Å²) >= 11 is 5.93. The van der Waals surface area contributed by atoms with E-state index in [-0.39, 0.29) is 10.6 Å². The molecule has 0 aromatic heterocycles. The van der Waals surface area contributed by atoms with Gasteiger partial charge in [-0.25, -0.2) is 4.39 Å². The molecule has 5 heteroatoms. The van der Waals surface area contributed by atoms with Gasteiger partial charge in [-0.3, -0.25) is 0 Å². The molecule has 1 atom stereocenters. The van der Waals surface area contributed by atoms with Gasteiger partial charge in [0, 0.05) is 5.56 Å². The van der Waals surface area contributed by atoms with E-state index in [1.165, 1.54) is 20.3 Å². The normalized spacial score (nSPS) is 12.3. The molecule has 1 rings (SSSR count). The Balaban J connectivity index is 3.22. The van der Waals surface area contributed by atoms with Gasteiger partial charge in [0.05, 0.1) is 19.2 Å². The van der Waals surface area contributed by atoms with Crippen molar-refractivity contribution in [2.45, 2.75) is 6.10 Å². The van der Waals surface area contributed by atoms with E-state index in [4.69, 9.17) is 21.1 Å². The average molecular weight is 235 g/mol. The Morgan fingerprint density at radius 3 is 2.53 bits per heavy atom. The highest BCUT2D eigenvalue weighted by Crippen LogP contribution is 2.39. The van der Waals surface area contributed by atoms with Gasteiger partial charge in [0.15, 0.2) is 11.5 Å². The molecule has 3 nitrogen and oxygen atoms in total. The number of rotatable bonds is 4. The molecule has 0 amide bonds. The van der Waals surface area contributed by atoms with Crippen molar-refractivity contribution in [3.05, 3.63) is 22.7 Å². The highest BCUT2D eigenvalue weighted by molar-refractivity contribution is 6.33. The molecular weight excluding hydrogens is 223 g/mol. The largest absolute Gasteiger partial charge is 0.493 e. The zero-order valence-corrected chi connectivity index (χ0v) is 9.21. The summed E-state index contributed by atoms with van der Waals surface area (Å²) in [6, 6.07) is 3.08. The van der Waals surface area contributed by atoms with E-state index >= 15 is 0 Å². The SMILES string of the molecule is COc1ccc(C(O)CF)c(Cl)c1OC. The summed E-state index contributed by atoms with van der Waals surface area (Å²) in [6.45, 7) is -0.894. The zero-order valence-electron chi connectivity index (χ0n) is 8.46.